The lowest BCUT2D eigenvalue weighted by Crippen LogP contribution is -2.33. The Morgan fingerprint density at radius 3 is 2.31 bits per heavy atom. The second-order valence-electron chi connectivity index (χ2n) is 2.48. The van der Waals surface area contributed by atoms with E-state index in [0.717, 1.165) is 5.01 Å². The molecule has 0 aromatic carbocycles. The number of halogens is 3. The van der Waals surface area contributed by atoms with Crippen LogP contribution in [0.4, 0.5) is 13.2 Å². The smallest absolute Gasteiger partial charge is 0.386 e. The number of hydrogen-bond acceptors (Lipinski definition) is 3. The van der Waals surface area contributed by atoms with Gasteiger partial charge in [0.15, 0.2) is 6.23 Å². The van der Waals surface area contributed by atoms with Gasteiger partial charge in [-0.15, -0.1) is 13.2 Å². The molecule has 0 aromatic heterocycles. The largest absolute Gasteiger partial charge is 0.524 e. The molecule has 13 heavy (non-hydrogen) atoms. The fraction of sp³-hybridized carbons (Fsp3) is 0.833. The second-order valence-corrected chi connectivity index (χ2v) is 2.48. The first-order valence-corrected chi connectivity index (χ1v) is 3.50. The zero-order chi connectivity index (χ0) is 10.6. The summed E-state index contributed by atoms with van der Waals surface area (Å²) < 4.78 is 38.7. The number of nitrogens with zero attached hydrogens (tertiary/aromatic N) is 2. The minimum Gasteiger partial charge on any atom is -0.386 e. The zero-order valence-corrected chi connectivity index (χ0v) is 7.59. The van der Waals surface area contributed by atoms with Gasteiger partial charge in [0.1, 0.15) is 5.84 Å². The van der Waals surface area contributed by atoms with Gasteiger partial charge in [-0.1, -0.05) is 0 Å². The molecule has 0 saturated carbocycles. The molecule has 0 amide bonds. The molecule has 0 radical (unpaired) electrons. The Kier molecular flexibility index (Phi) is 3.99. The summed E-state index contributed by atoms with van der Waals surface area (Å²) in [6.45, 7) is 2.69. The molecule has 7 heteroatoms. The van der Waals surface area contributed by atoms with Crippen LogP contribution in [0.25, 0.3) is 0 Å². The molecule has 0 aliphatic rings. The van der Waals surface area contributed by atoms with Crippen LogP contribution < -0.4 is 5.73 Å². The average Bonchev–Trinajstić information content (AvgIpc) is 1.81. The first-order chi connectivity index (χ1) is 5.72. The van der Waals surface area contributed by atoms with E-state index in [-0.39, 0.29) is 5.84 Å². The van der Waals surface area contributed by atoms with Crippen LogP contribution in [0.3, 0.4) is 0 Å². The highest BCUT2D eigenvalue weighted by molar-refractivity contribution is 5.77. The molecule has 78 valence electrons. The third kappa shape index (κ3) is 6.21. The predicted molar refractivity (Wildman–Crippen MR) is 41.7 cm³/mol. The Morgan fingerprint density at radius 1 is 1.54 bits per heavy atom. The molecule has 0 aliphatic heterocycles. The van der Waals surface area contributed by atoms with E-state index >= 15 is 0 Å². The van der Waals surface area contributed by atoms with Crippen LogP contribution in [0.15, 0.2) is 5.10 Å². The summed E-state index contributed by atoms with van der Waals surface area (Å²) in [6, 6.07) is 0. The van der Waals surface area contributed by atoms with Crippen LogP contribution in [-0.2, 0) is 4.74 Å². The Bertz CT molecular complexity index is 188. The Balaban J connectivity index is 4.12. The van der Waals surface area contributed by atoms with E-state index < -0.39 is 12.6 Å². The lowest BCUT2D eigenvalue weighted by molar-refractivity contribution is -0.356. The number of ether oxygens (including phenoxy) is 1. The number of amidine groups is 1. The van der Waals surface area contributed by atoms with Gasteiger partial charge in [-0.05, 0) is 13.8 Å². The van der Waals surface area contributed by atoms with E-state index in [4.69, 9.17) is 5.73 Å². The third-order valence-electron chi connectivity index (χ3n) is 1.15. The van der Waals surface area contributed by atoms with E-state index in [1.807, 2.05) is 0 Å². The maximum atomic E-state index is 11.7. The van der Waals surface area contributed by atoms with Gasteiger partial charge in [0.2, 0.25) is 0 Å². The minimum absolute atomic E-state index is 0.167. The van der Waals surface area contributed by atoms with E-state index in [2.05, 4.69) is 9.84 Å². The third-order valence-corrected chi connectivity index (χ3v) is 1.15. The van der Waals surface area contributed by atoms with Crippen molar-refractivity contribution in [2.45, 2.75) is 26.4 Å². The summed E-state index contributed by atoms with van der Waals surface area (Å²) in [6.07, 6.45) is -5.86. The highest BCUT2D eigenvalue weighted by Gasteiger charge is 2.33. The lowest BCUT2D eigenvalue weighted by atomic mass is 10.6. The summed E-state index contributed by atoms with van der Waals surface area (Å²) >= 11 is 0. The van der Waals surface area contributed by atoms with Gasteiger partial charge in [0, 0.05) is 7.05 Å². The Morgan fingerprint density at radius 2 is 2.00 bits per heavy atom. The molecule has 0 saturated heterocycles. The number of alkyl halides is 3. The molecule has 1 unspecified atom stereocenters. The number of hydrogen-bond donors (Lipinski definition) is 1. The highest BCUT2D eigenvalue weighted by atomic mass is 19.4. The summed E-state index contributed by atoms with van der Waals surface area (Å²) in [5.41, 5.74) is 5.17. The van der Waals surface area contributed by atoms with Gasteiger partial charge in [-0.2, -0.15) is 5.10 Å². The van der Waals surface area contributed by atoms with Gasteiger partial charge in [0.25, 0.3) is 0 Å². The number of nitrogens with two attached hydrogens (primary N) is 1. The topological polar surface area (TPSA) is 50.8 Å². The summed E-state index contributed by atoms with van der Waals surface area (Å²) in [5.74, 6) is 0.167. The minimum atomic E-state index is -4.66. The van der Waals surface area contributed by atoms with Crippen molar-refractivity contribution in [3.8, 4) is 0 Å². The van der Waals surface area contributed by atoms with Crippen LogP contribution in [0.2, 0.25) is 0 Å². The lowest BCUT2D eigenvalue weighted by Gasteiger charge is -2.22. The van der Waals surface area contributed by atoms with Crippen molar-refractivity contribution in [3.63, 3.8) is 0 Å². The first kappa shape index (κ1) is 12.0. The maximum Gasteiger partial charge on any atom is 0.524 e. The van der Waals surface area contributed by atoms with Crippen LogP contribution in [0.5, 0.6) is 0 Å². The van der Waals surface area contributed by atoms with Crippen molar-refractivity contribution < 1.29 is 17.9 Å². The Labute approximate surface area is 74.1 Å². The van der Waals surface area contributed by atoms with Crippen molar-refractivity contribution in [2.75, 3.05) is 7.05 Å². The van der Waals surface area contributed by atoms with Gasteiger partial charge in [-0.25, -0.2) is 0 Å². The van der Waals surface area contributed by atoms with Crippen LogP contribution >= 0.6 is 0 Å². The van der Waals surface area contributed by atoms with E-state index in [9.17, 15) is 13.2 Å². The quantitative estimate of drug-likeness (QED) is 0.320. The van der Waals surface area contributed by atoms with Crippen LogP contribution in [0, 0.1) is 0 Å². The number of rotatable bonds is 3. The second kappa shape index (κ2) is 4.31. The van der Waals surface area contributed by atoms with E-state index in [1.54, 1.807) is 0 Å². The Hall–Kier alpha value is -0.980. The molecular weight excluding hydrogens is 187 g/mol. The molecule has 0 aromatic rings. The summed E-state index contributed by atoms with van der Waals surface area (Å²) in [4.78, 5) is 0. The number of hydrazone groups is 1. The zero-order valence-electron chi connectivity index (χ0n) is 7.59. The van der Waals surface area contributed by atoms with Crippen LogP contribution in [-0.4, -0.2) is 30.5 Å². The molecule has 0 spiro atoms. The summed E-state index contributed by atoms with van der Waals surface area (Å²) in [5, 5.41) is 4.55. The SMILES string of the molecule is CC(N)=NN(C)C(C)OC(F)(F)F. The monoisotopic (exact) mass is 199 g/mol. The van der Waals surface area contributed by atoms with Gasteiger partial charge < -0.3 is 5.73 Å². The van der Waals surface area contributed by atoms with Gasteiger partial charge >= 0.3 is 6.36 Å². The fourth-order valence-corrected chi connectivity index (χ4v) is 0.600. The molecule has 2 N–H and O–H groups in total. The van der Waals surface area contributed by atoms with Crippen molar-refractivity contribution in [3.05, 3.63) is 0 Å². The standard InChI is InChI=1S/C6H12F3N3O/c1-4(10)11-12(3)5(2)13-6(7,8)9/h5H,1-3H3,(H2,10,11). The molecule has 1 atom stereocenters. The molecule has 0 fully saturated rings. The van der Waals surface area contributed by atoms with Crippen LogP contribution in [0.1, 0.15) is 13.8 Å². The molecular formula is C6H12F3N3O. The molecule has 0 aliphatic carbocycles. The van der Waals surface area contributed by atoms with Crippen molar-refractivity contribution >= 4 is 5.84 Å². The molecule has 4 nitrogen and oxygen atoms in total. The highest BCUT2D eigenvalue weighted by Crippen LogP contribution is 2.19. The maximum absolute atomic E-state index is 11.7. The van der Waals surface area contributed by atoms with Crippen molar-refractivity contribution in [2.24, 2.45) is 10.8 Å². The van der Waals surface area contributed by atoms with Gasteiger partial charge in [0.05, 0.1) is 0 Å². The van der Waals surface area contributed by atoms with Crippen molar-refractivity contribution in [1.82, 2.24) is 5.01 Å². The first-order valence-electron chi connectivity index (χ1n) is 3.50. The molecule has 0 bridgehead atoms. The van der Waals surface area contributed by atoms with E-state index in [0.29, 0.717) is 0 Å². The van der Waals surface area contributed by atoms with Gasteiger partial charge in [-0.3, -0.25) is 9.75 Å². The van der Waals surface area contributed by atoms with Crippen molar-refractivity contribution in [1.29, 1.82) is 0 Å². The summed E-state index contributed by atoms with van der Waals surface area (Å²) in [7, 11) is 1.34. The molecule has 0 heterocycles. The molecule has 0 rings (SSSR count). The average molecular weight is 199 g/mol. The van der Waals surface area contributed by atoms with E-state index in [1.165, 1.54) is 20.9 Å². The predicted octanol–water partition coefficient (Wildman–Crippen LogP) is 1.09. The fourth-order valence-electron chi connectivity index (χ4n) is 0.600. The normalized spacial score (nSPS) is 15.7.